The van der Waals surface area contributed by atoms with E-state index in [4.69, 9.17) is 0 Å². The average Bonchev–Trinajstić information content (AvgIpc) is 3.20. The Labute approximate surface area is 192 Å². The predicted molar refractivity (Wildman–Crippen MR) is 128 cm³/mol. The molecule has 0 fully saturated rings. The van der Waals surface area contributed by atoms with Crippen LogP contribution in [-0.4, -0.2) is 22.6 Å². The molecular formula is C25H27N3O3S. The van der Waals surface area contributed by atoms with Crippen molar-refractivity contribution in [1.29, 1.82) is 0 Å². The summed E-state index contributed by atoms with van der Waals surface area (Å²) in [6, 6.07) is 14.7. The Bertz CT molecular complexity index is 1130. The van der Waals surface area contributed by atoms with Gasteiger partial charge >= 0.3 is 0 Å². The van der Waals surface area contributed by atoms with Gasteiger partial charge in [-0.15, -0.1) is 11.3 Å². The maximum Gasteiger partial charge on any atom is 0.298 e. The number of thiazole rings is 1. The summed E-state index contributed by atoms with van der Waals surface area (Å²) in [5, 5.41) is 7.63. The van der Waals surface area contributed by atoms with Crippen molar-refractivity contribution in [3.05, 3.63) is 70.6 Å². The molecule has 2 aromatic carbocycles. The predicted octanol–water partition coefficient (Wildman–Crippen LogP) is 5.13. The first-order valence-corrected chi connectivity index (χ1v) is 11.2. The summed E-state index contributed by atoms with van der Waals surface area (Å²) in [5.74, 6) is -1.39. The summed E-state index contributed by atoms with van der Waals surface area (Å²) in [6.45, 7) is 9.68. The molecule has 2 N–H and O–H groups in total. The molecule has 6 nitrogen and oxygen atoms in total. The Kier molecular flexibility index (Phi) is 6.89. The molecular weight excluding hydrogens is 422 g/mol. The van der Waals surface area contributed by atoms with Crippen LogP contribution in [0.3, 0.4) is 0 Å². The van der Waals surface area contributed by atoms with E-state index >= 15 is 0 Å². The van der Waals surface area contributed by atoms with Crippen LogP contribution in [0.1, 0.15) is 62.1 Å². The Balaban J connectivity index is 1.66. The summed E-state index contributed by atoms with van der Waals surface area (Å²) < 4.78 is 0. The number of amides is 2. The van der Waals surface area contributed by atoms with Crippen molar-refractivity contribution < 1.29 is 14.4 Å². The van der Waals surface area contributed by atoms with Crippen LogP contribution in [0.4, 0.5) is 5.13 Å². The maximum absolute atomic E-state index is 12.5. The van der Waals surface area contributed by atoms with Crippen molar-refractivity contribution in [3.8, 4) is 11.3 Å². The van der Waals surface area contributed by atoms with Gasteiger partial charge < -0.3 is 5.32 Å². The number of nitrogens with one attached hydrogen (secondary N) is 2. The molecule has 0 saturated heterocycles. The highest BCUT2D eigenvalue weighted by Gasteiger charge is 2.20. The zero-order chi connectivity index (χ0) is 23.5. The van der Waals surface area contributed by atoms with Gasteiger partial charge in [0.2, 0.25) is 5.91 Å². The van der Waals surface area contributed by atoms with E-state index in [1.54, 1.807) is 12.1 Å². The molecule has 0 aliphatic heterocycles. The van der Waals surface area contributed by atoms with Crippen LogP contribution in [-0.2, 0) is 15.0 Å². The lowest BCUT2D eigenvalue weighted by Gasteiger charge is -2.18. The monoisotopic (exact) mass is 449 g/mol. The van der Waals surface area contributed by atoms with Gasteiger partial charge in [0.1, 0.15) is 0 Å². The number of hydrogen-bond donors (Lipinski definition) is 2. The molecule has 1 unspecified atom stereocenters. The summed E-state index contributed by atoms with van der Waals surface area (Å²) >= 11 is 1.26. The van der Waals surface area contributed by atoms with Gasteiger partial charge in [-0.2, -0.15) is 0 Å². The normalized spacial score (nSPS) is 12.2. The summed E-state index contributed by atoms with van der Waals surface area (Å²) in [7, 11) is 0. The quantitative estimate of drug-likeness (QED) is 0.404. The molecule has 0 bridgehead atoms. The molecule has 166 valence electrons. The zero-order valence-corrected chi connectivity index (χ0v) is 19.7. The number of rotatable bonds is 6. The number of ketones is 1. The van der Waals surface area contributed by atoms with Crippen LogP contribution in [0, 0.1) is 0 Å². The molecule has 3 aromatic rings. The van der Waals surface area contributed by atoms with Crippen LogP contribution in [0.15, 0.2) is 53.9 Å². The van der Waals surface area contributed by atoms with E-state index in [1.807, 2.05) is 48.7 Å². The number of benzene rings is 2. The zero-order valence-electron chi connectivity index (χ0n) is 18.9. The SMILES string of the molecule is CC(=O)NC(C)c1ccc(-c2csc(NC(=O)C(=O)c3ccc(C(C)(C)C)cc3)n2)cc1. The smallest absolute Gasteiger partial charge is 0.298 e. The van der Waals surface area contributed by atoms with Gasteiger partial charge in [-0.3, -0.25) is 19.7 Å². The lowest BCUT2D eigenvalue weighted by atomic mass is 9.86. The molecule has 0 saturated carbocycles. The van der Waals surface area contributed by atoms with Gasteiger partial charge in [0.15, 0.2) is 5.13 Å². The number of carbonyl (C=O) groups is 3. The summed E-state index contributed by atoms with van der Waals surface area (Å²) in [5.41, 5.74) is 3.97. The fourth-order valence-corrected chi connectivity index (χ4v) is 3.92. The highest BCUT2D eigenvalue weighted by atomic mass is 32.1. The third kappa shape index (κ3) is 5.68. The van der Waals surface area contributed by atoms with Crippen molar-refractivity contribution in [3.63, 3.8) is 0 Å². The molecule has 0 spiro atoms. The second-order valence-electron chi connectivity index (χ2n) is 8.69. The fourth-order valence-electron chi connectivity index (χ4n) is 3.20. The summed E-state index contributed by atoms with van der Waals surface area (Å²) in [6.07, 6.45) is 0. The second kappa shape index (κ2) is 9.44. The maximum atomic E-state index is 12.5. The first kappa shape index (κ1) is 23.3. The number of hydrogen-bond acceptors (Lipinski definition) is 5. The van der Waals surface area contributed by atoms with Crippen LogP contribution in [0.5, 0.6) is 0 Å². The minimum atomic E-state index is -0.714. The van der Waals surface area contributed by atoms with Crippen LogP contribution >= 0.6 is 11.3 Å². The first-order chi connectivity index (χ1) is 15.0. The average molecular weight is 450 g/mol. The minimum Gasteiger partial charge on any atom is -0.350 e. The van der Waals surface area contributed by atoms with Crippen molar-refractivity contribution in [2.45, 2.75) is 46.1 Å². The lowest BCUT2D eigenvalue weighted by molar-refractivity contribution is -0.119. The van der Waals surface area contributed by atoms with Gasteiger partial charge in [0, 0.05) is 23.4 Å². The van der Waals surface area contributed by atoms with Crippen LogP contribution < -0.4 is 10.6 Å². The first-order valence-electron chi connectivity index (χ1n) is 10.3. The van der Waals surface area contributed by atoms with Crippen molar-refractivity contribution in [2.24, 2.45) is 0 Å². The van der Waals surface area contributed by atoms with E-state index in [0.717, 1.165) is 16.7 Å². The third-order valence-corrected chi connectivity index (χ3v) is 5.83. The highest BCUT2D eigenvalue weighted by molar-refractivity contribution is 7.14. The number of nitrogens with zero attached hydrogens (tertiary/aromatic N) is 1. The lowest BCUT2D eigenvalue weighted by Crippen LogP contribution is -2.23. The molecule has 0 aliphatic rings. The molecule has 0 radical (unpaired) electrons. The minimum absolute atomic E-state index is 0.0265. The highest BCUT2D eigenvalue weighted by Crippen LogP contribution is 2.27. The second-order valence-corrected chi connectivity index (χ2v) is 9.55. The molecule has 32 heavy (non-hydrogen) atoms. The van der Waals surface area contributed by atoms with E-state index in [0.29, 0.717) is 16.4 Å². The standard InChI is InChI=1S/C25H27N3O3S/c1-15(26-16(2)29)17-6-8-18(9-7-17)21-14-32-24(27-21)28-23(31)22(30)19-10-12-20(13-11-19)25(3,4)5/h6-15H,1-5H3,(H,26,29)(H,27,28,31). The van der Waals surface area contributed by atoms with Gasteiger partial charge in [-0.05, 0) is 23.5 Å². The van der Waals surface area contributed by atoms with Crippen molar-refractivity contribution >= 4 is 34.1 Å². The largest absolute Gasteiger partial charge is 0.350 e. The van der Waals surface area contributed by atoms with E-state index in [2.05, 4.69) is 36.4 Å². The number of Topliss-reactive ketones (excluding diaryl/α,β-unsaturated/α-hetero) is 1. The van der Waals surface area contributed by atoms with Gasteiger partial charge in [-0.25, -0.2) is 4.98 Å². The van der Waals surface area contributed by atoms with Crippen LogP contribution in [0.2, 0.25) is 0 Å². The van der Waals surface area contributed by atoms with E-state index in [1.165, 1.54) is 18.3 Å². The number of carbonyl (C=O) groups excluding carboxylic acids is 3. The van der Waals surface area contributed by atoms with E-state index in [9.17, 15) is 14.4 Å². The van der Waals surface area contributed by atoms with Gasteiger partial charge in [0.25, 0.3) is 11.7 Å². The molecule has 7 heteroatoms. The van der Waals surface area contributed by atoms with Gasteiger partial charge in [0.05, 0.1) is 11.7 Å². The Morgan fingerprint density at radius 2 is 1.59 bits per heavy atom. The topological polar surface area (TPSA) is 88.2 Å². The Morgan fingerprint density at radius 3 is 2.16 bits per heavy atom. The molecule has 2 amide bonds. The molecule has 1 heterocycles. The molecule has 1 atom stereocenters. The Hall–Kier alpha value is -3.32. The van der Waals surface area contributed by atoms with E-state index < -0.39 is 11.7 Å². The van der Waals surface area contributed by atoms with E-state index in [-0.39, 0.29) is 17.4 Å². The number of aromatic nitrogens is 1. The van der Waals surface area contributed by atoms with Gasteiger partial charge in [-0.1, -0.05) is 69.3 Å². The molecule has 0 aliphatic carbocycles. The molecule has 1 aromatic heterocycles. The Morgan fingerprint density at radius 1 is 0.969 bits per heavy atom. The third-order valence-electron chi connectivity index (χ3n) is 5.07. The van der Waals surface area contributed by atoms with Crippen LogP contribution in [0.25, 0.3) is 11.3 Å². The summed E-state index contributed by atoms with van der Waals surface area (Å²) in [4.78, 5) is 40.6. The van der Waals surface area contributed by atoms with Crippen molar-refractivity contribution in [1.82, 2.24) is 10.3 Å². The van der Waals surface area contributed by atoms with Crippen molar-refractivity contribution in [2.75, 3.05) is 5.32 Å². The molecule has 3 rings (SSSR count). The number of anilines is 1. The fraction of sp³-hybridized carbons (Fsp3) is 0.280.